The molecule has 10 aromatic carbocycles. The number of thiocarbonyl (C=S) groups is 5. The number of aldehydes is 2. The first-order valence-corrected chi connectivity index (χ1v) is 42.5. The fraction of sp³-hybridized carbons (Fsp3) is 0.191. The van der Waals surface area contributed by atoms with Crippen molar-refractivity contribution < 1.29 is 73.5 Å². The normalized spacial score (nSPS) is 13.2. The number of aliphatic hydroxyl groups excluding tert-OH is 1. The quantitative estimate of drug-likeness (QED) is 0.00913. The summed E-state index contributed by atoms with van der Waals surface area (Å²) >= 11 is 30.9. The Hall–Kier alpha value is -11.3. The largest absolute Gasteiger partial charge is 1.00 e. The third kappa shape index (κ3) is 24.8. The van der Waals surface area contributed by atoms with Crippen molar-refractivity contribution >= 4 is 167 Å². The molecule has 1 atom stereocenters. The maximum Gasteiger partial charge on any atom is 0.348 e. The van der Waals surface area contributed by atoms with Crippen LogP contribution < -0.4 is 90.9 Å². The minimum absolute atomic E-state index is 0. The van der Waals surface area contributed by atoms with E-state index in [4.69, 9.17) is 101 Å². The van der Waals surface area contributed by atoms with Crippen LogP contribution in [0.5, 0.6) is 0 Å². The van der Waals surface area contributed by atoms with Crippen molar-refractivity contribution in [3.8, 4) is 0 Å². The Labute approximate surface area is 767 Å². The number of aliphatic imine (C=N–C) groups is 2. The van der Waals surface area contributed by atoms with Crippen LogP contribution in [0.4, 0.5) is 0 Å². The van der Waals surface area contributed by atoms with Crippen molar-refractivity contribution in [2.75, 3.05) is 52.4 Å². The van der Waals surface area contributed by atoms with Gasteiger partial charge in [-0.05, 0) is 105 Å². The number of alkyl halides is 1. The molecule has 0 saturated carbocycles. The van der Waals surface area contributed by atoms with Gasteiger partial charge in [-0.3, -0.25) is 50.7 Å². The van der Waals surface area contributed by atoms with Gasteiger partial charge in [0.2, 0.25) is 0 Å². The zero-order valence-electron chi connectivity index (χ0n) is 67.7. The molecule has 0 heterocycles. The number of benzene rings is 10. The van der Waals surface area contributed by atoms with Gasteiger partial charge in [-0.15, -0.1) is 0 Å². The molecule has 5 aliphatic rings. The number of hydrogen-bond acceptors (Lipinski definition) is 19. The van der Waals surface area contributed by atoms with E-state index in [1.807, 2.05) is 189 Å². The molecule has 1 unspecified atom stereocenters. The molecule has 124 heavy (non-hydrogen) atoms. The van der Waals surface area contributed by atoms with E-state index in [2.05, 4.69) is 51.8 Å². The second-order valence-electron chi connectivity index (χ2n) is 28.4. The highest BCUT2D eigenvalue weighted by Crippen LogP contribution is 2.34. The Morgan fingerprint density at radius 2 is 0.661 bits per heavy atom. The van der Waals surface area contributed by atoms with E-state index in [0.29, 0.717) is 143 Å². The molecular formula is C94H93BrCl2N14O8S5. The van der Waals surface area contributed by atoms with E-state index in [-0.39, 0.29) is 59.7 Å². The van der Waals surface area contributed by atoms with Crippen LogP contribution in [-0.2, 0) is 34.2 Å². The molecule has 0 aromatic heterocycles. The number of aliphatic hydroxyl groups is 1. The first kappa shape index (κ1) is 98.1. The minimum Gasteiger partial charge on any atom is -1.00 e. The molecule has 0 bridgehead atoms. The van der Waals surface area contributed by atoms with Crippen LogP contribution >= 0.6 is 77.0 Å². The topological polar surface area (TPSA) is 411 Å². The Balaban J connectivity index is 0.000000188. The van der Waals surface area contributed by atoms with Crippen molar-refractivity contribution in [2.45, 2.75) is 63.4 Å². The molecule has 0 saturated heterocycles. The lowest BCUT2D eigenvalue weighted by Gasteiger charge is -2.20. The molecule has 638 valence electrons. The molecule has 22 nitrogen and oxygen atoms in total. The standard InChI is InChI=1S/C24H31N7O2S.2C16H10O2S.C15H9BrOS.C15H10OS.C8H21N7.2ClH/c25-9-3-10-29-23(26)31-24(27)30-12-4-11-28-20(32)14-15-7-8-18-19(13-15)21(33)16-5-1-2-6-17(16)22(18)34;2*17-8-7-10-5-6-13-14(9-10)15(18)11-3-1-2-4-12(11)16(13)19;16-8-9-5-6-12-13(7-9)14(17)10-3-1-2-4-11(10)15(12)18;1-9-6-7-12-13(8-9)14(16)10-4-2-3-5-11(10)15(12)17;9-3-1-5-13-7(11)15-8(12)14-6-2-4-10;;/h1-2,5-8,13,20,28,32H,3-4,9-12,14,25H2,(H5,26,27,29,30,31);2*1-6,8-9H,7H2;1-7H,8H2;2-8H,1H3;1-6,9-10H2,(H5,11,12,13,14,15);2*1H. The summed E-state index contributed by atoms with van der Waals surface area (Å²) in [4.78, 5) is 101. The zero-order chi connectivity index (χ0) is 87.5. The third-order valence-electron chi connectivity index (χ3n) is 19.8. The summed E-state index contributed by atoms with van der Waals surface area (Å²) in [5.74, 6) is 1.29. The predicted molar refractivity (Wildman–Crippen MR) is 505 cm³/mol. The second-order valence-corrected chi connectivity index (χ2v) is 31.0. The number of ketones is 5. The van der Waals surface area contributed by atoms with Gasteiger partial charge in [0.25, 0.3) is 11.9 Å². The maximum atomic E-state index is 12.9. The molecule has 0 aliphatic heterocycles. The third-order valence-corrected chi connectivity index (χ3v) is 22.7. The van der Waals surface area contributed by atoms with E-state index in [0.717, 1.165) is 153 Å². The number of halogens is 3. The van der Waals surface area contributed by atoms with Gasteiger partial charge in [-0.25, -0.2) is 20.6 Å². The SMILES string of the molecule is Cc1ccc2c(c1)C(=O)c1ccccc1C2=S.NCCCN=C(N)NC(N)=[NH+]CCCN.NCCCN=C(N)NC(N)=[NH+]CCCNC(O)Cc1ccc2c(c1)C(=O)c1ccccc1C2=S.O=C1c2ccccc2C(=S)c2ccc(CBr)cc21.O=CCc1ccc2c(c1)C(=O)c1ccccc1C2=S.O=CCc1ccc2c(c1)C(=O)c1ccccc1C2=S.[Cl-].[Cl-]. The van der Waals surface area contributed by atoms with Crippen LogP contribution in [0.2, 0.25) is 0 Å². The van der Waals surface area contributed by atoms with E-state index < -0.39 is 6.23 Å². The van der Waals surface area contributed by atoms with Gasteiger partial charge in [-0.1, -0.05) is 265 Å². The summed E-state index contributed by atoms with van der Waals surface area (Å²) in [6.45, 7) is 6.78. The summed E-state index contributed by atoms with van der Waals surface area (Å²) in [5.41, 5.74) is 58.3. The van der Waals surface area contributed by atoms with Gasteiger partial charge >= 0.3 is 11.9 Å². The number of fused-ring (bicyclic) bond motifs is 10. The Morgan fingerprint density at radius 1 is 0.387 bits per heavy atom. The lowest BCUT2D eigenvalue weighted by molar-refractivity contribution is -0.460. The van der Waals surface area contributed by atoms with Crippen LogP contribution in [0.1, 0.15) is 189 Å². The fourth-order valence-corrected chi connectivity index (χ4v) is 15.8. The number of aryl methyl sites for hydroxylation is 1. The zero-order valence-corrected chi connectivity index (χ0v) is 74.8. The Kier molecular flexibility index (Phi) is 38.0. The van der Waals surface area contributed by atoms with Gasteiger partial charge in [0.1, 0.15) is 18.8 Å². The molecule has 0 radical (unpaired) electrons. The molecule has 15 rings (SSSR count). The number of hydrogen-bond donors (Lipinski definition) is 13. The summed E-state index contributed by atoms with van der Waals surface area (Å²) < 4.78 is 0. The van der Waals surface area contributed by atoms with Crippen molar-refractivity contribution in [3.05, 3.63) is 351 Å². The summed E-state index contributed by atoms with van der Waals surface area (Å²) in [6, 6.07) is 65.5. The highest BCUT2D eigenvalue weighted by Gasteiger charge is 2.32. The van der Waals surface area contributed by atoms with E-state index in [1.54, 1.807) is 30.3 Å². The minimum atomic E-state index is -0.749. The molecule has 5 aliphatic carbocycles. The number of nitrogens with zero attached hydrogens (tertiary/aromatic N) is 2. The van der Waals surface area contributed by atoms with Crippen LogP contribution in [0.3, 0.4) is 0 Å². The molecule has 20 N–H and O–H groups in total. The maximum absolute atomic E-state index is 12.9. The van der Waals surface area contributed by atoms with Gasteiger partial charge in [-0.2, -0.15) is 0 Å². The fourth-order valence-electron chi connectivity index (χ4n) is 13.7. The molecular weight excluding hydrogens is 1760 g/mol. The molecule has 10 aromatic rings. The smallest absolute Gasteiger partial charge is 0.348 e. The molecule has 0 spiro atoms. The number of carbonyl (C=O) groups excluding carboxylic acids is 7. The second kappa shape index (κ2) is 48.1. The van der Waals surface area contributed by atoms with Gasteiger partial charge in [0.05, 0.1) is 37.4 Å². The van der Waals surface area contributed by atoms with Crippen LogP contribution in [0, 0.1) is 6.92 Å². The van der Waals surface area contributed by atoms with E-state index in [9.17, 15) is 38.7 Å². The summed E-state index contributed by atoms with van der Waals surface area (Å²) in [6.07, 6.45) is 5.06. The molecule has 0 fully saturated rings. The van der Waals surface area contributed by atoms with E-state index >= 15 is 0 Å². The van der Waals surface area contributed by atoms with Gasteiger partial charge in [0, 0.05) is 155 Å². The highest BCUT2D eigenvalue weighted by atomic mass is 79.9. The number of nitrogens with two attached hydrogens (primary N) is 7. The highest BCUT2D eigenvalue weighted by molar-refractivity contribution is 9.08. The Bertz CT molecular complexity index is 5740. The van der Waals surface area contributed by atoms with Crippen molar-refractivity contribution in [1.29, 1.82) is 0 Å². The lowest BCUT2D eigenvalue weighted by Crippen LogP contribution is -3.00. The first-order valence-electron chi connectivity index (χ1n) is 39.3. The van der Waals surface area contributed by atoms with Crippen LogP contribution in [-0.4, -0.2) is 153 Å². The van der Waals surface area contributed by atoms with Crippen molar-refractivity contribution in [1.82, 2.24) is 16.0 Å². The van der Waals surface area contributed by atoms with E-state index in [1.165, 1.54) is 0 Å². The lowest BCUT2D eigenvalue weighted by atomic mass is 9.84. The van der Waals surface area contributed by atoms with Gasteiger partial charge in [0.15, 0.2) is 28.9 Å². The molecule has 0 amide bonds. The number of guanidine groups is 4. The number of carbonyl (C=O) groups is 7. The average molecular weight is 1860 g/mol. The van der Waals surface area contributed by atoms with Crippen LogP contribution in [0.25, 0.3) is 0 Å². The molecule has 30 heteroatoms. The van der Waals surface area contributed by atoms with Gasteiger partial charge < -0.3 is 68.2 Å². The number of nitrogens with one attached hydrogen (secondary N) is 5. The Morgan fingerprint density at radius 3 is 0.984 bits per heavy atom. The van der Waals surface area contributed by atoms with Crippen molar-refractivity contribution in [2.24, 2.45) is 50.1 Å². The average Bonchev–Trinajstić information content (AvgIpc) is 0.796. The van der Waals surface area contributed by atoms with Crippen LogP contribution in [0.15, 0.2) is 222 Å². The van der Waals surface area contributed by atoms with Crippen molar-refractivity contribution in [3.63, 3.8) is 0 Å². The first-order chi connectivity index (χ1) is 58.9. The number of rotatable bonds is 21. The predicted octanol–water partition coefficient (Wildman–Crippen LogP) is 1.15. The monoisotopic (exact) mass is 1850 g/mol. The summed E-state index contributed by atoms with van der Waals surface area (Å²) in [5, 5.41) is 19.7. The summed E-state index contributed by atoms with van der Waals surface area (Å²) in [7, 11) is 0.